The van der Waals surface area contributed by atoms with E-state index in [4.69, 9.17) is 0 Å². The van der Waals surface area contributed by atoms with Gasteiger partial charge in [0.2, 0.25) is 0 Å². The number of thioether (sulfide) groups is 1. The monoisotopic (exact) mass is 276 g/mol. The molecule has 0 unspecified atom stereocenters. The number of imide groups is 1. The zero-order valence-electron chi connectivity index (χ0n) is 9.88. The maximum Gasteiger partial charge on any atom is 0.397 e. The number of hydroxylamine groups is 4. The van der Waals surface area contributed by atoms with Crippen LogP contribution in [0.15, 0.2) is 0 Å². The highest BCUT2D eigenvalue weighted by Gasteiger charge is 2.55. The van der Waals surface area contributed by atoms with Crippen LogP contribution in [0.5, 0.6) is 0 Å². The number of amides is 2. The van der Waals surface area contributed by atoms with Crippen LogP contribution in [0, 0.1) is 0 Å². The summed E-state index contributed by atoms with van der Waals surface area (Å²) >= 11 is 1.07. The number of carbonyl (C=O) groups excluding carboxylic acids is 4. The van der Waals surface area contributed by atoms with Gasteiger partial charge in [-0.2, -0.15) is 5.21 Å². The molecule has 1 fully saturated rings. The molecule has 0 spiro atoms. The highest BCUT2D eigenvalue weighted by molar-refractivity contribution is 8.13. The number of hydrogen-bond donors (Lipinski definition) is 1. The molecule has 1 rings (SSSR count). The average Bonchev–Trinajstić information content (AvgIpc) is 2.52. The van der Waals surface area contributed by atoms with Gasteiger partial charge < -0.3 is 0 Å². The molecule has 1 aliphatic rings. The molecule has 2 amide bonds. The van der Waals surface area contributed by atoms with E-state index in [0.717, 1.165) is 11.8 Å². The first-order valence-corrected chi connectivity index (χ1v) is 6.39. The summed E-state index contributed by atoms with van der Waals surface area (Å²) in [7, 11) is 0. The minimum absolute atomic E-state index is 0.0566. The summed E-state index contributed by atoms with van der Waals surface area (Å²) in [5.41, 5.74) is 0. The van der Waals surface area contributed by atoms with Crippen molar-refractivity contribution < 1.29 is 34.0 Å². The first-order chi connectivity index (χ1) is 8.36. The Morgan fingerprint density at radius 2 is 1.89 bits per heavy atom. The van der Waals surface area contributed by atoms with E-state index in [0.29, 0.717) is 12.2 Å². The van der Waals surface area contributed by atoms with E-state index in [9.17, 15) is 24.4 Å². The van der Waals surface area contributed by atoms with Gasteiger partial charge in [-0.3, -0.25) is 4.79 Å². The molecule has 100 valence electrons. The summed E-state index contributed by atoms with van der Waals surface area (Å²) in [4.78, 5) is 47.1. The Labute approximate surface area is 108 Å². The van der Waals surface area contributed by atoms with E-state index < -0.39 is 22.6 Å². The number of quaternary nitrogens is 1. The summed E-state index contributed by atoms with van der Waals surface area (Å²) in [6.07, 6.45) is 0.0263. The molecule has 0 atom stereocenters. The first-order valence-electron chi connectivity index (χ1n) is 5.40. The van der Waals surface area contributed by atoms with Crippen LogP contribution < -0.4 is 0 Å². The molecule has 0 aromatic rings. The van der Waals surface area contributed by atoms with Gasteiger partial charge in [0.15, 0.2) is 5.12 Å². The van der Waals surface area contributed by atoms with Gasteiger partial charge >= 0.3 is 17.8 Å². The van der Waals surface area contributed by atoms with Crippen molar-refractivity contribution in [3.8, 4) is 0 Å². The van der Waals surface area contributed by atoms with Crippen molar-refractivity contribution in [3.63, 3.8) is 0 Å². The van der Waals surface area contributed by atoms with Crippen LogP contribution in [0.4, 0.5) is 0 Å². The quantitative estimate of drug-likeness (QED) is 0.339. The maximum absolute atomic E-state index is 11.3. The van der Waals surface area contributed by atoms with Gasteiger partial charge in [-0.25, -0.2) is 19.2 Å². The van der Waals surface area contributed by atoms with E-state index in [2.05, 4.69) is 4.84 Å². The normalized spacial score (nSPS) is 17.9. The standard InChI is InChI=1S/C10H14NO6S/c1-7(12)18-6-2-3-10(15)17-11(16)8(13)4-5-9(11)14/h16H,2-6H2,1H3/q+1. The lowest BCUT2D eigenvalue weighted by Gasteiger charge is -2.15. The second kappa shape index (κ2) is 6.07. The molecule has 0 bridgehead atoms. The Morgan fingerprint density at radius 3 is 2.39 bits per heavy atom. The van der Waals surface area contributed by atoms with Crippen LogP contribution in [-0.2, 0) is 24.0 Å². The molecule has 0 aromatic heterocycles. The zero-order valence-corrected chi connectivity index (χ0v) is 10.7. The lowest BCUT2D eigenvalue weighted by atomic mass is 10.3. The summed E-state index contributed by atoms with van der Waals surface area (Å²) in [6, 6.07) is 0. The summed E-state index contributed by atoms with van der Waals surface area (Å²) in [5, 5.41) is 9.52. The van der Waals surface area contributed by atoms with Gasteiger partial charge in [0.1, 0.15) is 4.81 Å². The second-order valence-electron chi connectivity index (χ2n) is 3.77. The lowest BCUT2D eigenvalue weighted by molar-refractivity contribution is -1.12. The predicted molar refractivity (Wildman–Crippen MR) is 59.8 cm³/mol. The Morgan fingerprint density at radius 1 is 1.33 bits per heavy atom. The van der Waals surface area contributed by atoms with E-state index in [1.54, 1.807) is 0 Å². The third-order valence-electron chi connectivity index (χ3n) is 2.29. The number of rotatable bonds is 5. The molecular formula is C10H14NO6S+. The van der Waals surface area contributed by atoms with Crippen LogP contribution in [0.3, 0.4) is 0 Å². The van der Waals surface area contributed by atoms with E-state index in [1.807, 2.05) is 0 Å². The second-order valence-corrected chi connectivity index (χ2v) is 5.04. The molecule has 1 heterocycles. The van der Waals surface area contributed by atoms with Crippen molar-refractivity contribution in [1.29, 1.82) is 0 Å². The third-order valence-corrected chi connectivity index (χ3v) is 3.19. The molecule has 0 aliphatic carbocycles. The minimum Gasteiger partial charge on any atom is -0.288 e. The summed E-state index contributed by atoms with van der Waals surface area (Å²) in [6.45, 7) is 1.42. The van der Waals surface area contributed by atoms with Gasteiger partial charge in [0.25, 0.3) is 0 Å². The fourth-order valence-electron chi connectivity index (χ4n) is 1.38. The number of carbonyl (C=O) groups is 4. The Kier molecular flexibility index (Phi) is 5.00. The molecule has 0 saturated carbocycles. The van der Waals surface area contributed by atoms with Crippen molar-refractivity contribution in [2.45, 2.75) is 32.6 Å². The maximum atomic E-state index is 11.3. The van der Waals surface area contributed by atoms with Crippen LogP contribution >= 0.6 is 11.8 Å². The molecule has 1 aliphatic heterocycles. The minimum atomic E-state index is -1.88. The van der Waals surface area contributed by atoms with Crippen molar-refractivity contribution in [3.05, 3.63) is 0 Å². The van der Waals surface area contributed by atoms with Crippen molar-refractivity contribution in [2.24, 2.45) is 0 Å². The largest absolute Gasteiger partial charge is 0.397 e. The summed E-state index contributed by atoms with van der Waals surface area (Å²) < 4.78 is 0. The topological polar surface area (TPSA) is 97.7 Å². The molecule has 1 saturated heterocycles. The molecule has 18 heavy (non-hydrogen) atoms. The van der Waals surface area contributed by atoms with Crippen LogP contribution in [0.1, 0.15) is 32.6 Å². The molecule has 8 heteroatoms. The highest BCUT2D eigenvalue weighted by Crippen LogP contribution is 2.21. The van der Waals surface area contributed by atoms with E-state index in [1.165, 1.54) is 6.92 Å². The fraction of sp³-hybridized carbons (Fsp3) is 0.600. The van der Waals surface area contributed by atoms with Crippen LogP contribution in [0.25, 0.3) is 0 Å². The number of nitrogens with zero attached hydrogens (tertiary/aromatic N) is 1. The fourth-order valence-corrected chi connectivity index (χ4v) is 1.96. The Hall–Kier alpha value is -1.25. The molecular weight excluding hydrogens is 262 g/mol. The van der Waals surface area contributed by atoms with Crippen LogP contribution in [0.2, 0.25) is 0 Å². The van der Waals surface area contributed by atoms with Crippen molar-refractivity contribution in [2.75, 3.05) is 5.75 Å². The average molecular weight is 276 g/mol. The lowest BCUT2D eigenvalue weighted by Crippen LogP contribution is -2.50. The van der Waals surface area contributed by atoms with E-state index >= 15 is 0 Å². The number of hydrogen-bond acceptors (Lipinski definition) is 7. The molecule has 0 radical (unpaired) electrons. The van der Waals surface area contributed by atoms with Crippen molar-refractivity contribution in [1.82, 2.24) is 0 Å². The highest BCUT2D eigenvalue weighted by atomic mass is 32.2. The van der Waals surface area contributed by atoms with Gasteiger partial charge in [-0.05, 0) is 6.42 Å². The van der Waals surface area contributed by atoms with E-state index in [-0.39, 0.29) is 24.4 Å². The zero-order chi connectivity index (χ0) is 13.8. The Bertz CT molecular complexity index is 378. The third kappa shape index (κ3) is 3.62. The molecule has 0 aromatic carbocycles. The van der Waals surface area contributed by atoms with Crippen LogP contribution in [-0.4, -0.2) is 38.7 Å². The molecule has 7 nitrogen and oxygen atoms in total. The predicted octanol–water partition coefficient (Wildman–Crippen LogP) is 0.557. The first kappa shape index (κ1) is 14.8. The SMILES string of the molecule is CC(=O)SCCCC(=O)O[N+]1(O)C(=O)CCC1=O. The van der Waals surface area contributed by atoms with Gasteiger partial charge in [-0.15, -0.1) is 0 Å². The molecule has 1 N–H and O–H groups in total. The van der Waals surface area contributed by atoms with Gasteiger partial charge in [0, 0.05) is 12.7 Å². The van der Waals surface area contributed by atoms with Gasteiger partial charge in [-0.1, -0.05) is 11.8 Å². The smallest absolute Gasteiger partial charge is 0.288 e. The van der Waals surface area contributed by atoms with Gasteiger partial charge in [0.05, 0.1) is 19.3 Å². The summed E-state index contributed by atoms with van der Waals surface area (Å²) in [5.74, 6) is -2.08. The van der Waals surface area contributed by atoms with Crippen molar-refractivity contribution >= 4 is 34.7 Å². The Balaban J connectivity index is 2.38.